The van der Waals surface area contributed by atoms with Gasteiger partial charge in [-0.2, -0.15) is 8.78 Å². The van der Waals surface area contributed by atoms with Crippen molar-refractivity contribution in [2.45, 2.75) is 76.2 Å². The monoisotopic (exact) mass is 420 g/mol. The molecule has 1 aromatic heterocycles. The minimum atomic E-state index is -3.88. The molecule has 0 aromatic carbocycles. The maximum Gasteiger partial charge on any atom is 0.330 e. The van der Waals surface area contributed by atoms with Crippen molar-refractivity contribution in [3.05, 3.63) is 32.6 Å². The Kier molecular flexibility index (Phi) is 5.61. The van der Waals surface area contributed by atoms with E-state index in [2.05, 4.69) is 4.98 Å². The smallest absolute Gasteiger partial charge is 0.330 e. The largest absolute Gasteiger partial charge is 0.394 e. The minimum absolute atomic E-state index is 0.0460. The zero-order valence-electron chi connectivity index (χ0n) is 17.3. The third kappa shape index (κ3) is 2.76. The predicted octanol–water partition coefficient (Wildman–Crippen LogP) is 1.57. The van der Waals surface area contributed by atoms with E-state index in [4.69, 9.17) is 4.74 Å². The van der Waals surface area contributed by atoms with E-state index in [0.29, 0.717) is 0 Å². The SMILES string of the molecule is Cc1cn([C@]2([Si](C)(C)C(C)(C)C(C)C)O[C@H](CO)[C@@H](O)C2(F)F)c(=O)[nH]c1=O. The van der Waals surface area contributed by atoms with E-state index in [-0.39, 0.29) is 11.5 Å². The summed E-state index contributed by atoms with van der Waals surface area (Å²) in [5, 5.41) is 16.7. The third-order valence-corrected chi connectivity index (χ3v) is 13.2. The fourth-order valence-corrected chi connectivity index (χ4v) is 8.49. The first-order valence-electron chi connectivity index (χ1n) is 9.27. The summed E-state index contributed by atoms with van der Waals surface area (Å²) in [5.41, 5.74) is -1.66. The van der Waals surface area contributed by atoms with Gasteiger partial charge in [0.25, 0.3) is 5.56 Å². The predicted molar refractivity (Wildman–Crippen MR) is 103 cm³/mol. The minimum Gasteiger partial charge on any atom is -0.394 e. The first kappa shape index (κ1) is 22.9. The van der Waals surface area contributed by atoms with Crippen LogP contribution in [0.15, 0.2) is 15.8 Å². The maximum absolute atomic E-state index is 15.8. The average molecular weight is 421 g/mol. The van der Waals surface area contributed by atoms with Crippen LogP contribution < -0.4 is 11.2 Å². The first-order chi connectivity index (χ1) is 12.6. The number of aryl methyl sites for hydroxylation is 1. The number of rotatable bonds is 5. The Morgan fingerprint density at radius 1 is 1.36 bits per heavy atom. The molecular weight excluding hydrogens is 390 g/mol. The van der Waals surface area contributed by atoms with Crippen molar-refractivity contribution < 1.29 is 23.7 Å². The number of ether oxygens (including phenoxy) is 1. The van der Waals surface area contributed by atoms with Crippen molar-refractivity contribution in [2.75, 3.05) is 6.61 Å². The fourth-order valence-electron chi connectivity index (χ4n) is 3.97. The van der Waals surface area contributed by atoms with Crippen LogP contribution in [0.3, 0.4) is 0 Å². The van der Waals surface area contributed by atoms with Gasteiger partial charge >= 0.3 is 11.6 Å². The van der Waals surface area contributed by atoms with Crippen molar-refractivity contribution in [3.63, 3.8) is 0 Å². The van der Waals surface area contributed by atoms with Crippen LogP contribution in [0.1, 0.15) is 33.3 Å². The van der Waals surface area contributed by atoms with Gasteiger partial charge in [0.2, 0.25) is 0 Å². The van der Waals surface area contributed by atoms with Gasteiger partial charge < -0.3 is 14.9 Å². The van der Waals surface area contributed by atoms with Crippen molar-refractivity contribution in [3.8, 4) is 0 Å². The lowest BCUT2D eigenvalue weighted by molar-refractivity contribution is -0.179. The number of aliphatic hydroxyl groups excluding tert-OH is 2. The van der Waals surface area contributed by atoms with Crippen LogP contribution in [0, 0.1) is 12.8 Å². The first-order valence-corrected chi connectivity index (χ1v) is 12.3. The van der Waals surface area contributed by atoms with Crippen LogP contribution in [0.5, 0.6) is 0 Å². The number of aromatic nitrogens is 2. The Bertz CT molecular complexity index is 864. The zero-order chi connectivity index (χ0) is 21.9. The second-order valence-electron chi connectivity index (χ2n) is 8.99. The highest BCUT2D eigenvalue weighted by atomic mass is 28.3. The molecule has 0 radical (unpaired) electrons. The fraction of sp³-hybridized carbons (Fsp3) is 0.778. The van der Waals surface area contributed by atoms with Gasteiger partial charge in [-0.05, 0) is 17.9 Å². The Hall–Kier alpha value is -1.36. The molecule has 2 rings (SSSR count). The van der Waals surface area contributed by atoms with Gasteiger partial charge in [-0.25, -0.2) is 4.79 Å². The molecule has 1 saturated heterocycles. The second kappa shape index (κ2) is 6.86. The van der Waals surface area contributed by atoms with E-state index in [1.165, 1.54) is 6.92 Å². The normalized spacial score (nSPS) is 28.1. The third-order valence-electron chi connectivity index (χ3n) is 7.04. The number of nitrogens with one attached hydrogen (secondary N) is 1. The molecular formula is C18H30F2N2O5Si. The molecule has 3 N–H and O–H groups in total. The Balaban J connectivity index is 3.00. The standard InChI is InChI=1S/C18H30F2N2O5Si/c1-10(2)16(4,5)28(6,7)18(17(19,20)13(24)12(9-23)27-18)22-8-11(3)14(25)21-15(22)26/h8,10,12-13,23-24H,9H2,1-7H3,(H,21,25,26)/t12-,13-,18+/m1/s1. The van der Waals surface area contributed by atoms with Crippen molar-refractivity contribution in [1.82, 2.24) is 9.55 Å². The summed E-state index contributed by atoms with van der Waals surface area (Å²) < 4.78 is 38.0. The second-order valence-corrected chi connectivity index (χ2v) is 14.2. The molecule has 10 heteroatoms. The summed E-state index contributed by atoms with van der Waals surface area (Å²) >= 11 is 0. The number of aliphatic hydroxyl groups is 2. The number of hydrogen-bond donors (Lipinski definition) is 3. The quantitative estimate of drug-likeness (QED) is 0.627. The van der Waals surface area contributed by atoms with Crippen molar-refractivity contribution in [2.24, 2.45) is 5.92 Å². The van der Waals surface area contributed by atoms with Crippen LogP contribution in [0.4, 0.5) is 8.78 Å². The molecule has 160 valence electrons. The average Bonchev–Trinajstić information content (AvgIpc) is 2.78. The van der Waals surface area contributed by atoms with E-state index in [9.17, 15) is 19.8 Å². The molecule has 1 aliphatic rings. The molecule has 3 atom stereocenters. The van der Waals surface area contributed by atoms with Crippen LogP contribution in [-0.2, 0) is 10.1 Å². The van der Waals surface area contributed by atoms with Crippen LogP contribution >= 0.6 is 0 Å². The summed E-state index contributed by atoms with van der Waals surface area (Å²) in [6.07, 6.45) is -2.80. The number of hydrogen-bond acceptors (Lipinski definition) is 5. The number of halogens is 2. The molecule has 1 aliphatic heterocycles. The topological polar surface area (TPSA) is 105 Å². The van der Waals surface area contributed by atoms with Gasteiger partial charge in [0, 0.05) is 11.8 Å². The summed E-state index contributed by atoms with van der Waals surface area (Å²) in [5.74, 6) is -3.92. The molecule has 0 spiro atoms. The summed E-state index contributed by atoms with van der Waals surface area (Å²) in [4.78, 5) is 26.6. The number of nitrogens with zero attached hydrogens (tertiary/aromatic N) is 1. The lowest BCUT2D eigenvalue weighted by Crippen LogP contribution is -2.72. The van der Waals surface area contributed by atoms with Crippen molar-refractivity contribution in [1.29, 1.82) is 0 Å². The highest BCUT2D eigenvalue weighted by molar-refractivity contribution is 6.82. The molecule has 28 heavy (non-hydrogen) atoms. The Morgan fingerprint density at radius 3 is 2.32 bits per heavy atom. The van der Waals surface area contributed by atoms with Gasteiger partial charge in [0.15, 0.2) is 11.5 Å². The highest BCUT2D eigenvalue weighted by Crippen LogP contribution is 2.60. The molecule has 0 saturated carbocycles. The van der Waals surface area contributed by atoms with Crippen LogP contribution in [0.25, 0.3) is 0 Å². The van der Waals surface area contributed by atoms with E-state index in [0.717, 1.165) is 10.8 Å². The van der Waals surface area contributed by atoms with E-state index < -0.39 is 54.4 Å². The molecule has 0 bridgehead atoms. The molecule has 1 fully saturated rings. The summed E-state index contributed by atoms with van der Waals surface area (Å²) in [6.45, 7) is 11.4. The molecule has 1 aromatic rings. The number of aromatic amines is 1. The van der Waals surface area contributed by atoms with Crippen molar-refractivity contribution >= 4 is 8.07 Å². The molecule has 7 nitrogen and oxygen atoms in total. The zero-order valence-corrected chi connectivity index (χ0v) is 18.3. The molecule has 0 unspecified atom stereocenters. The van der Waals surface area contributed by atoms with Gasteiger partial charge in [-0.15, -0.1) is 0 Å². The van der Waals surface area contributed by atoms with Crippen LogP contribution in [-0.4, -0.2) is 52.6 Å². The maximum atomic E-state index is 15.8. The summed E-state index contributed by atoms with van der Waals surface area (Å²) in [7, 11) is -3.36. The van der Waals surface area contributed by atoms with E-state index in [1.807, 2.05) is 27.7 Å². The van der Waals surface area contributed by atoms with Crippen LogP contribution in [0.2, 0.25) is 18.1 Å². The van der Waals surface area contributed by atoms with E-state index >= 15 is 8.78 Å². The van der Waals surface area contributed by atoms with E-state index in [1.54, 1.807) is 13.1 Å². The lowest BCUT2D eigenvalue weighted by Gasteiger charge is -2.54. The Morgan fingerprint density at radius 2 is 1.89 bits per heavy atom. The van der Waals surface area contributed by atoms with Gasteiger partial charge in [0.05, 0.1) is 6.61 Å². The summed E-state index contributed by atoms with van der Waals surface area (Å²) in [6, 6.07) is 0. The van der Waals surface area contributed by atoms with Gasteiger partial charge in [0.1, 0.15) is 14.2 Å². The van der Waals surface area contributed by atoms with Gasteiger partial charge in [-0.1, -0.05) is 40.8 Å². The molecule has 0 amide bonds. The molecule has 2 heterocycles. The number of H-pyrrole nitrogens is 1. The number of alkyl halides is 2. The lowest BCUT2D eigenvalue weighted by atomic mass is 9.99. The highest BCUT2D eigenvalue weighted by Gasteiger charge is 2.78. The Labute approximate surface area is 163 Å². The van der Waals surface area contributed by atoms with Gasteiger partial charge in [-0.3, -0.25) is 14.3 Å². The molecule has 0 aliphatic carbocycles.